The quantitative estimate of drug-likeness (QED) is 0.365. The van der Waals surface area contributed by atoms with Crippen molar-refractivity contribution in [1.82, 2.24) is 4.72 Å². The van der Waals surface area contributed by atoms with Crippen molar-refractivity contribution in [2.24, 2.45) is 17.6 Å². The monoisotopic (exact) mass is 566 g/mol. The maximum atomic E-state index is 13.6. The van der Waals surface area contributed by atoms with Gasteiger partial charge in [-0.05, 0) is 66.7 Å². The fourth-order valence-corrected chi connectivity index (χ4v) is 8.82. The van der Waals surface area contributed by atoms with Crippen LogP contribution in [-0.2, 0) is 29.1 Å². The molecule has 2 saturated carbocycles. The van der Waals surface area contributed by atoms with Crippen LogP contribution in [-0.4, -0.2) is 50.4 Å². The lowest BCUT2D eigenvalue weighted by Crippen LogP contribution is -2.62. The van der Waals surface area contributed by atoms with Crippen LogP contribution >= 0.6 is 0 Å². The molecule has 2 bridgehead atoms. The van der Waals surface area contributed by atoms with Crippen molar-refractivity contribution in [3.63, 3.8) is 0 Å². The Hall–Kier alpha value is -2.75. The number of ether oxygens (including phenoxy) is 2. The summed E-state index contributed by atoms with van der Waals surface area (Å²) in [5.74, 6) is -3.33. The highest BCUT2D eigenvalue weighted by Gasteiger charge is 2.50. The fourth-order valence-electron chi connectivity index (χ4n) is 7.25. The summed E-state index contributed by atoms with van der Waals surface area (Å²) in [6, 6.07) is 16.1. The standard InChI is InChI=1S/C31H38N2O6S/c32-30-14-16-31(17-15-30,39-19-30)20-40(36,37)33-28(34)27(21-8-2-1-3-9-21)29(35)38-18-26-24-12-6-4-10-22(24)23-11-5-7-13-25(23)26/h4-7,10-13,21,26-27H,1-3,8-9,14-20,32H2,(H,33,34). The highest BCUT2D eigenvalue weighted by Crippen LogP contribution is 2.45. The first-order valence-corrected chi connectivity index (χ1v) is 16.1. The molecule has 0 radical (unpaired) electrons. The topological polar surface area (TPSA) is 125 Å². The van der Waals surface area contributed by atoms with Crippen molar-refractivity contribution in [2.45, 2.75) is 74.8 Å². The van der Waals surface area contributed by atoms with Crippen LogP contribution in [0.5, 0.6) is 0 Å². The van der Waals surface area contributed by atoms with Gasteiger partial charge in [-0.1, -0.05) is 67.8 Å². The summed E-state index contributed by atoms with van der Waals surface area (Å²) >= 11 is 0. The van der Waals surface area contributed by atoms with Gasteiger partial charge in [0.15, 0.2) is 0 Å². The van der Waals surface area contributed by atoms with Crippen molar-refractivity contribution in [1.29, 1.82) is 0 Å². The van der Waals surface area contributed by atoms with E-state index < -0.39 is 33.4 Å². The Morgan fingerprint density at radius 3 is 2.12 bits per heavy atom. The number of nitrogens with one attached hydrogen (secondary N) is 1. The molecule has 3 aliphatic carbocycles. The maximum absolute atomic E-state index is 13.6. The molecule has 0 aromatic heterocycles. The molecule has 8 nitrogen and oxygen atoms in total. The van der Waals surface area contributed by atoms with E-state index in [1.807, 2.05) is 36.4 Å². The van der Waals surface area contributed by atoms with Crippen LogP contribution in [0, 0.1) is 11.8 Å². The molecule has 2 heterocycles. The Morgan fingerprint density at radius 1 is 0.950 bits per heavy atom. The van der Waals surface area contributed by atoms with Gasteiger partial charge in [0.25, 0.3) is 0 Å². The molecule has 214 valence electrons. The van der Waals surface area contributed by atoms with E-state index in [0.717, 1.165) is 41.5 Å². The number of carbonyl (C=O) groups excluding carboxylic acids is 2. The third-order valence-corrected chi connectivity index (χ3v) is 11.0. The van der Waals surface area contributed by atoms with Crippen LogP contribution in [0.3, 0.4) is 0 Å². The minimum Gasteiger partial charge on any atom is -0.464 e. The van der Waals surface area contributed by atoms with E-state index in [4.69, 9.17) is 15.2 Å². The van der Waals surface area contributed by atoms with Crippen molar-refractivity contribution < 1.29 is 27.5 Å². The van der Waals surface area contributed by atoms with Crippen LogP contribution in [0.2, 0.25) is 0 Å². The van der Waals surface area contributed by atoms with Gasteiger partial charge in [0, 0.05) is 11.5 Å². The number of hydrogen-bond donors (Lipinski definition) is 2. The van der Waals surface area contributed by atoms with Crippen LogP contribution < -0.4 is 10.5 Å². The molecule has 40 heavy (non-hydrogen) atoms. The van der Waals surface area contributed by atoms with E-state index in [9.17, 15) is 18.0 Å². The second kappa shape index (κ2) is 10.6. The Balaban J connectivity index is 1.17. The smallest absolute Gasteiger partial charge is 0.318 e. The number of hydrogen-bond acceptors (Lipinski definition) is 7. The van der Waals surface area contributed by atoms with Gasteiger partial charge in [-0.3, -0.25) is 14.3 Å². The van der Waals surface area contributed by atoms with Crippen LogP contribution in [0.1, 0.15) is 74.8 Å². The average molecular weight is 567 g/mol. The number of fused-ring (bicyclic) bond motifs is 6. The van der Waals surface area contributed by atoms with E-state index in [-0.39, 0.29) is 29.7 Å². The van der Waals surface area contributed by atoms with Crippen LogP contribution in [0.15, 0.2) is 48.5 Å². The number of carbonyl (C=O) groups is 2. The fraction of sp³-hybridized carbons (Fsp3) is 0.548. The molecule has 2 aromatic carbocycles. The Morgan fingerprint density at radius 2 is 1.55 bits per heavy atom. The summed E-state index contributed by atoms with van der Waals surface area (Å²) in [6.07, 6.45) is 6.68. The summed E-state index contributed by atoms with van der Waals surface area (Å²) in [4.78, 5) is 27.1. The average Bonchev–Trinajstić information content (AvgIpc) is 3.26. The third-order valence-electron chi connectivity index (χ3n) is 9.54. The summed E-state index contributed by atoms with van der Waals surface area (Å²) < 4.78 is 40.5. The normalized spacial score (nSPS) is 27.0. The van der Waals surface area contributed by atoms with Gasteiger partial charge < -0.3 is 15.2 Å². The zero-order chi connectivity index (χ0) is 28.0. The molecule has 1 atom stereocenters. The van der Waals surface area contributed by atoms with Gasteiger partial charge in [-0.15, -0.1) is 0 Å². The first kappa shape index (κ1) is 27.4. The molecule has 1 unspecified atom stereocenters. The number of rotatable bonds is 8. The van der Waals surface area contributed by atoms with E-state index in [1.54, 1.807) is 0 Å². The second-order valence-corrected chi connectivity index (χ2v) is 14.0. The van der Waals surface area contributed by atoms with Gasteiger partial charge in [0.05, 0.1) is 18.0 Å². The predicted molar refractivity (Wildman–Crippen MR) is 151 cm³/mol. The zero-order valence-electron chi connectivity index (χ0n) is 22.8. The Bertz CT molecular complexity index is 1330. The zero-order valence-corrected chi connectivity index (χ0v) is 23.6. The third kappa shape index (κ3) is 5.31. The molecule has 2 saturated heterocycles. The molecular weight excluding hydrogens is 528 g/mol. The number of esters is 1. The molecule has 0 spiro atoms. The number of amides is 1. The molecular formula is C31H38N2O6S. The van der Waals surface area contributed by atoms with Crippen molar-refractivity contribution in [2.75, 3.05) is 19.0 Å². The van der Waals surface area contributed by atoms with Gasteiger partial charge >= 0.3 is 5.97 Å². The Labute approximate surface area is 236 Å². The molecule has 9 heteroatoms. The number of nitrogens with two attached hydrogens (primary N) is 1. The van der Waals surface area contributed by atoms with Gasteiger partial charge in [0.1, 0.15) is 12.5 Å². The predicted octanol–water partition coefficient (Wildman–Crippen LogP) is 4.03. The molecule has 2 aromatic rings. The molecule has 3 N–H and O–H groups in total. The second-order valence-electron chi connectivity index (χ2n) is 12.3. The van der Waals surface area contributed by atoms with Gasteiger partial charge in [-0.25, -0.2) is 8.42 Å². The van der Waals surface area contributed by atoms with Crippen LogP contribution in [0.25, 0.3) is 11.1 Å². The van der Waals surface area contributed by atoms with Gasteiger partial charge in [0.2, 0.25) is 15.9 Å². The molecule has 1 amide bonds. The van der Waals surface area contributed by atoms with Crippen LogP contribution in [0.4, 0.5) is 0 Å². The first-order valence-electron chi connectivity index (χ1n) is 14.5. The summed E-state index contributed by atoms with van der Waals surface area (Å²) in [5, 5.41) is 0. The van der Waals surface area contributed by atoms with E-state index >= 15 is 0 Å². The lowest BCUT2D eigenvalue weighted by Gasteiger charge is -2.51. The SMILES string of the molecule is NC12CCC(CS(=O)(=O)NC(=O)C(C(=O)OCC3c4ccccc4-c4ccccc43)C3CCCCC3)(CC1)OC2. The molecule has 7 rings (SSSR count). The lowest BCUT2D eigenvalue weighted by atomic mass is 9.72. The maximum Gasteiger partial charge on any atom is 0.318 e. The minimum atomic E-state index is -4.05. The van der Waals surface area contributed by atoms with Crippen molar-refractivity contribution >= 4 is 21.9 Å². The van der Waals surface area contributed by atoms with E-state index in [2.05, 4.69) is 16.9 Å². The van der Waals surface area contributed by atoms with Crippen molar-refractivity contribution in [3.8, 4) is 11.1 Å². The van der Waals surface area contributed by atoms with Crippen molar-refractivity contribution in [3.05, 3.63) is 59.7 Å². The number of benzene rings is 2. The largest absolute Gasteiger partial charge is 0.464 e. The molecule has 5 aliphatic rings. The summed E-state index contributed by atoms with van der Waals surface area (Å²) in [7, 11) is -4.05. The summed E-state index contributed by atoms with van der Waals surface area (Å²) in [6.45, 7) is 0.412. The first-order chi connectivity index (χ1) is 19.2. The Kier molecular flexibility index (Phi) is 7.25. The molecule has 2 aliphatic heterocycles. The highest BCUT2D eigenvalue weighted by molar-refractivity contribution is 7.90. The lowest BCUT2D eigenvalue weighted by molar-refractivity contribution is -0.155. The van der Waals surface area contributed by atoms with E-state index in [1.165, 1.54) is 0 Å². The number of sulfonamides is 1. The summed E-state index contributed by atoms with van der Waals surface area (Å²) in [5.41, 5.74) is 9.46. The molecule has 4 fully saturated rings. The highest BCUT2D eigenvalue weighted by atomic mass is 32.2. The van der Waals surface area contributed by atoms with E-state index in [0.29, 0.717) is 45.1 Å². The van der Waals surface area contributed by atoms with Gasteiger partial charge in [-0.2, -0.15) is 0 Å². The minimum absolute atomic E-state index is 0.0912.